The van der Waals surface area contributed by atoms with Crippen LogP contribution in [0, 0.1) is 5.82 Å². The first-order valence-corrected chi connectivity index (χ1v) is 7.26. The van der Waals surface area contributed by atoms with Gasteiger partial charge in [0.15, 0.2) is 5.82 Å². The van der Waals surface area contributed by atoms with Gasteiger partial charge in [-0.2, -0.15) is 4.98 Å². The number of methoxy groups -OCH3 is 1. The van der Waals surface area contributed by atoms with E-state index in [0.717, 1.165) is 0 Å². The highest BCUT2D eigenvalue weighted by Crippen LogP contribution is 2.26. The fraction of sp³-hybridized carbons (Fsp3) is 0.267. The Kier molecular flexibility index (Phi) is 5.06. The highest BCUT2D eigenvalue weighted by molar-refractivity contribution is 6.30. The molecule has 0 aliphatic carbocycles. The number of rotatable bonds is 4. The van der Waals surface area contributed by atoms with Crippen molar-refractivity contribution >= 4 is 29.2 Å². The van der Waals surface area contributed by atoms with E-state index in [1.165, 1.54) is 39.2 Å². The minimum absolute atomic E-state index is 0.0147. The first-order chi connectivity index (χ1) is 10.7. The van der Waals surface area contributed by atoms with Crippen molar-refractivity contribution in [2.24, 2.45) is 0 Å². The molecule has 0 unspecified atom stereocenters. The number of hydrogen-bond donors (Lipinski definition) is 0. The Labute approximate surface area is 142 Å². The second-order valence-electron chi connectivity index (χ2n) is 5.09. The van der Waals surface area contributed by atoms with Crippen molar-refractivity contribution in [2.45, 2.75) is 19.4 Å². The first-order valence-electron chi connectivity index (χ1n) is 6.50. The van der Waals surface area contributed by atoms with Crippen LogP contribution in [0.4, 0.5) is 4.39 Å². The van der Waals surface area contributed by atoms with Crippen molar-refractivity contribution in [3.63, 3.8) is 0 Å². The molecule has 8 heteroatoms. The summed E-state index contributed by atoms with van der Waals surface area (Å²) in [5.74, 6) is -0.981. The first kappa shape index (κ1) is 17.4. The Morgan fingerprint density at radius 1 is 1.22 bits per heavy atom. The Hall–Kier alpha value is -1.92. The highest BCUT2D eigenvalue weighted by Gasteiger charge is 2.32. The molecule has 0 saturated carbocycles. The Morgan fingerprint density at radius 2 is 1.91 bits per heavy atom. The number of carbonyl (C=O) groups is 1. The number of hydrogen-bond acceptors (Lipinski definition) is 5. The number of esters is 1. The average molecular weight is 359 g/mol. The fourth-order valence-corrected chi connectivity index (χ4v) is 2.05. The lowest BCUT2D eigenvalue weighted by Crippen LogP contribution is -2.39. The molecular weight excluding hydrogens is 346 g/mol. The van der Waals surface area contributed by atoms with Gasteiger partial charge in [0.1, 0.15) is 11.0 Å². The minimum Gasteiger partial charge on any atom is -0.466 e. The standard InChI is InChI=1S/C15H13Cl2FN2O3/c1-15(2,14(21)22-3)23-12-7-11(17)19-13(20-12)8-4-5-9(16)10(18)6-8/h4-7H,1-3H3. The van der Waals surface area contributed by atoms with Gasteiger partial charge in [0.25, 0.3) is 0 Å². The predicted molar refractivity (Wildman–Crippen MR) is 84.2 cm³/mol. The normalized spacial score (nSPS) is 11.2. The SMILES string of the molecule is COC(=O)C(C)(C)Oc1cc(Cl)nc(-c2ccc(Cl)c(F)c2)n1. The monoisotopic (exact) mass is 358 g/mol. The Bertz CT molecular complexity index is 753. The summed E-state index contributed by atoms with van der Waals surface area (Å²) in [5.41, 5.74) is -0.898. The highest BCUT2D eigenvalue weighted by atomic mass is 35.5. The summed E-state index contributed by atoms with van der Waals surface area (Å²) in [6.07, 6.45) is 0. The van der Waals surface area contributed by atoms with Crippen molar-refractivity contribution in [3.8, 4) is 17.3 Å². The molecule has 1 aromatic carbocycles. The van der Waals surface area contributed by atoms with Crippen LogP contribution < -0.4 is 4.74 Å². The second kappa shape index (κ2) is 6.68. The predicted octanol–water partition coefficient (Wildman–Crippen LogP) is 3.92. The van der Waals surface area contributed by atoms with Crippen LogP contribution in [-0.4, -0.2) is 28.6 Å². The van der Waals surface area contributed by atoms with E-state index < -0.39 is 17.4 Å². The molecule has 0 N–H and O–H groups in total. The van der Waals surface area contributed by atoms with Gasteiger partial charge in [-0.05, 0) is 32.0 Å². The molecular formula is C15H13Cl2FN2O3. The second-order valence-corrected chi connectivity index (χ2v) is 5.88. The lowest BCUT2D eigenvalue weighted by molar-refractivity contribution is -0.156. The van der Waals surface area contributed by atoms with Gasteiger partial charge in [0.05, 0.1) is 12.1 Å². The van der Waals surface area contributed by atoms with E-state index in [1.54, 1.807) is 6.07 Å². The summed E-state index contributed by atoms with van der Waals surface area (Å²) < 4.78 is 23.8. The quantitative estimate of drug-likeness (QED) is 0.612. The molecule has 0 radical (unpaired) electrons. The van der Waals surface area contributed by atoms with Gasteiger partial charge in [-0.1, -0.05) is 23.2 Å². The van der Waals surface area contributed by atoms with Crippen molar-refractivity contribution in [1.29, 1.82) is 0 Å². The van der Waals surface area contributed by atoms with E-state index in [0.29, 0.717) is 5.56 Å². The van der Waals surface area contributed by atoms with Crippen molar-refractivity contribution in [1.82, 2.24) is 9.97 Å². The molecule has 23 heavy (non-hydrogen) atoms. The summed E-state index contributed by atoms with van der Waals surface area (Å²) in [7, 11) is 1.25. The van der Waals surface area contributed by atoms with Gasteiger partial charge < -0.3 is 9.47 Å². The topological polar surface area (TPSA) is 61.3 Å². The van der Waals surface area contributed by atoms with Gasteiger partial charge >= 0.3 is 5.97 Å². The van der Waals surface area contributed by atoms with Crippen LogP contribution in [0.5, 0.6) is 5.88 Å². The molecule has 0 spiro atoms. The van der Waals surface area contributed by atoms with Crippen LogP contribution in [0.3, 0.4) is 0 Å². The minimum atomic E-state index is -1.27. The van der Waals surface area contributed by atoms with E-state index in [4.69, 9.17) is 27.9 Å². The third-order valence-corrected chi connectivity index (χ3v) is 3.39. The van der Waals surface area contributed by atoms with Crippen LogP contribution >= 0.6 is 23.2 Å². The molecule has 1 aromatic heterocycles. The molecule has 0 atom stereocenters. The molecule has 2 rings (SSSR count). The zero-order valence-corrected chi connectivity index (χ0v) is 14.1. The summed E-state index contributed by atoms with van der Waals surface area (Å²) in [5, 5.41) is 0.0695. The number of aromatic nitrogens is 2. The van der Waals surface area contributed by atoms with Crippen molar-refractivity contribution < 1.29 is 18.7 Å². The van der Waals surface area contributed by atoms with Gasteiger partial charge in [-0.15, -0.1) is 0 Å². The molecule has 0 amide bonds. The molecule has 122 valence electrons. The Balaban J connectivity index is 2.39. The summed E-state index contributed by atoms with van der Waals surface area (Å²) in [4.78, 5) is 19.8. The van der Waals surface area contributed by atoms with Crippen LogP contribution in [0.2, 0.25) is 10.2 Å². The van der Waals surface area contributed by atoms with E-state index in [1.807, 2.05) is 0 Å². The summed E-state index contributed by atoms with van der Waals surface area (Å²) >= 11 is 11.6. The van der Waals surface area contributed by atoms with Gasteiger partial charge in [0, 0.05) is 11.6 Å². The third-order valence-electron chi connectivity index (χ3n) is 2.89. The van der Waals surface area contributed by atoms with Crippen LogP contribution in [0.15, 0.2) is 24.3 Å². The zero-order chi connectivity index (χ0) is 17.2. The summed E-state index contributed by atoms with van der Waals surface area (Å²) in [6, 6.07) is 5.47. The molecule has 0 bridgehead atoms. The number of halogens is 3. The van der Waals surface area contributed by atoms with E-state index in [9.17, 15) is 9.18 Å². The van der Waals surface area contributed by atoms with Crippen molar-refractivity contribution in [2.75, 3.05) is 7.11 Å². The number of nitrogens with zero attached hydrogens (tertiary/aromatic N) is 2. The molecule has 1 heterocycles. The van der Waals surface area contributed by atoms with E-state index >= 15 is 0 Å². The molecule has 0 saturated heterocycles. The van der Waals surface area contributed by atoms with Crippen LogP contribution in [0.25, 0.3) is 11.4 Å². The maximum Gasteiger partial charge on any atom is 0.349 e. The molecule has 0 aliphatic rings. The molecule has 5 nitrogen and oxygen atoms in total. The Morgan fingerprint density at radius 3 is 2.52 bits per heavy atom. The van der Waals surface area contributed by atoms with E-state index in [2.05, 4.69) is 14.7 Å². The smallest absolute Gasteiger partial charge is 0.349 e. The van der Waals surface area contributed by atoms with Gasteiger partial charge in [-0.25, -0.2) is 14.2 Å². The number of carbonyl (C=O) groups excluding carboxylic acids is 1. The average Bonchev–Trinajstić information content (AvgIpc) is 2.48. The zero-order valence-electron chi connectivity index (χ0n) is 12.6. The number of benzene rings is 1. The maximum atomic E-state index is 13.6. The molecule has 0 aliphatic heterocycles. The third kappa shape index (κ3) is 4.09. The van der Waals surface area contributed by atoms with Gasteiger partial charge in [-0.3, -0.25) is 0 Å². The van der Waals surface area contributed by atoms with Gasteiger partial charge in [0.2, 0.25) is 11.5 Å². The lowest BCUT2D eigenvalue weighted by Gasteiger charge is -2.22. The van der Waals surface area contributed by atoms with Crippen LogP contribution in [0.1, 0.15) is 13.8 Å². The van der Waals surface area contributed by atoms with Crippen molar-refractivity contribution in [3.05, 3.63) is 40.3 Å². The maximum absolute atomic E-state index is 13.6. The summed E-state index contributed by atoms with van der Waals surface area (Å²) in [6.45, 7) is 3.05. The largest absolute Gasteiger partial charge is 0.466 e. The number of ether oxygens (including phenoxy) is 2. The lowest BCUT2D eigenvalue weighted by atomic mass is 10.1. The van der Waals surface area contributed by atoms with E-state index in [-0.39, 0.29) is 21.9 Å². The molecule has 2 aromatic rings. The van der Waals surface area contributed by atoms with Crippen LogP contribution in [-0.2, 0) is 9.53 Å². The fourth-order valence-electron chi connectivity index (χ4n) is 1.76. The molecule has 0 fully saturated rings.